The van der Waals surface area contributed by atoms with Crippen LogP contribution >= 0.6 is 22.6 Å². The molecule has 0 fully saturated rings. The quantitative estimate of drug-likeness (QED) is 0.311. The SMILES string of the molecule is C#CC(I)OC(=O)Cc1ccc(S(=O)(=O)c2ccccc2)cc1. The molecule has 2 aromatic rings. The standard InChI is InChI=1S/C17H13IO4S/c1-2-16(18)22-17(19)12-13-8-10-15(11-9-13)23(20,21)14-6-4-3-5-7-14/h1,3-11,16H,12H2. The molecule has 2 aromatic carbocycles. The van der Waals surface area contributed by atoms with E-state index in [0.29, 0.717) is 5.56 Å². The van der Waals surface area contributed by atoms with Crippen molar-refractivity contribution in [3.63, 3.8) is 0 Å². The van der Waals surface area contributed by atoms with Gasteiger partial charge in [0.25, 0.3) is 0 Å². The van der Waals surface area contributed by atoms with Gasteiger partial charge in [-0.05, 0) is 52.4 Å². The van der Waals surface area contributed by atoms with Crippen molar-refractivity contribution in [2.45, 2.75) is 20.3 Å². The van der Waals surface area contributed by atoms with Crippen LogP contribution in [0.15, 0.2) is 64.4 Å². The Hall–Kier alpha value is -1.85. The lowest BCUT2D eigenvalue weighted by Crippen LogP contribution is -2.12. The Morgan fingerprint density at radius 2 is 1.65 bits per heavy atom. The molecule has 1 atom stereocenters. The second kappa shape index (κ2) is 7.62. The monoisotopic (exact) mass is 440 g/mol. The van der Waals surface area contributed by atoms with Gasteiger partial charge in [-0.3, -0.25) is 4.79 Å². The van der Waals surface area contributed by atoms with Gasteiger partial charge >= 0.3 is 5.97 Å². The van der Waals surface area contributed by atoms with Crippen LogP contribution in [-0.2, 0) is 25.8 Å². The first kappa shape index (κ1) is 17.5. The number of hydrogen-bond donors (Lipinski definition) is 0. The molecule has 118 valence electrons. The summed E-state index contributed by atoms with van der Waals surface area (Å²) in [5.41, 5.74) is 0.655. The molecule has 0 aliphatic rings. The molecule has 0 aliphatic heterocycles. The summed E-state index contributed by atoms with van der Waals surface area (Å²) in [6.45, 7) is 0. The van der Waals surface area contributed by atoms with Gasteiger partial charge in [-0.1, -0.05) is 36.3 Å². The number of ether oxygens (including phenoxy) is 1. The third kappa shape index (κ3) is 4.56. The maximum atomic E-state index is 12.4. The van der Waals surface area contributed by atoms with Gasteiger partial charge in [0.1, 0.15) is 0 Å². The lowest BCUT2D eigenvalue weighted by Gasteiger charge is -2.07. The van der Waals surface area contributed by atoms with Crippen LogP contribution in [0, 0.1) is 12.3 Å². The summed E-state index contributed by atoms with van der Waals surface area (Å²) in [7, 11) is -3.55. The molecule has 1 unspecified atom stereocenters. The van der Waals surface area contributed by atoms with Crippen LogP contribution in [0.3, 0.4) is 0 Å². The summed E-state index contributed by atoms with van der Waals surface area (Å²) in [6.07, 6.45) is 5.17. The van der Waals surface area contributed by atoms with Crippen molar-refractivity contribution in [1.82, 2.24) is 0 Å². The van der Waals surface area contributed by atoms with Crippen LogP contribution in [-0.4, -0.2) is 18.5 Å². The van der Waals surface area contributed by atoms with Gasteiger partial charge < -0.3 is 4.74 Å². The molecule has 23 heavy (non-hydrogen) atoms. The van der Waals surface area contributed by atoms with E-state index >= 15 is 0 Å². The number of rotatable bonds is 5. The van der Waals surface area contributed by atoms with Crippen LogP contribution in [0.25, 0.3) is 0 Å². The Balaban J connectivity index is 2.14. The summed E-state index contributed by atoms with van der Waals surface area (Å²) in [5.74, 6) is 1.84. The Morgan fingerprint density at radius 1 is 1.09 bits per heavy atom. The van der Waals surface area contributed by atoms with E-state index in [-0.39, 0.29) is 16.2 Å². The van der Waals surface area contributed by atoms with Crippen LogP contribution in [0.2, 0.25) is 0 Å². The molecule has 0 bridgehead atoms. The molecule has 6 heteroatoms. The van der Waals surface area contributed by atoms with Gasteiger partial charge in [0.15, 0.2) is 0 Å². The second-order valence-electron chi connectivity index (χ2n) is 4.61. The number of esters is 1. The molecular weight excluding hydrogens is 427 g/mol. The van der Waals surface area contributed by atoms with Crippen molar-refractivity contribution in [3.05, 3.63) is 60.2 Å². The van der Waals surface area contributed by atoms with Crippen LogP contribution in [0.4, 0.5) is 0 Å². The molecule has 0 spiro atoms. The van der Waals surface area contributed by atoms with Crippen LogP contribution < -0.4 is 0 Å². The second-order valence-corrected chi connectivity index (χ2v) is 7.69. The maximum Gasteiger partial charge on any atom is 0.312 e. The first-order valence-corrected chi connectivity index (χ1v) is 9.35. The Morgan fingerprint density at radius 3 is 2.22 bits per heavy atom. The van der Waals surface area contributed by atoms with Gasteiger partial charge in [-0.15, -0.1) is 6.42 Å². The minimum Gasteiger partial charge on any atom is -0.439 e. The molecule has 0 amide bonds. The van der Waals surface area contributed by atoms with Crippen molar-refractivity contribution in [1.29, 1.82) is 0 Å². The molecule has 0 radical (unpaired) electrons. The summed E-state index contributed by atoms with van der Waals surface area (Å²) in [6, 6.07) is 14.3. The molecule has 2 rings (SSSR count). The Bertz CT molecular complexity index is 821. The Kier molecular flexibility index (Phi) is 5.80. The Labute approximate surface area is 148 Å². The third-order valence-corrected chi connectivity index (χ3v) is 5.40. The van der Waals surface area contributed by atoms with E-state index in [1.807, 2.05) is 22.6 Å². The number of benzene rings is 2. The minimum absolute atomic E-state index is 0.0346. The van der Waals surface area contributed by atoms with E-state index in [4.69, 9.17) is 11.2 Å². The first-order chi connectivity index (χ1) is 10.9. The van der Waals surface area contributed by atoms with E-state index in [0.717, 1.165) is 0 Å². The predicted molar refractivity (Wildman–Crippen MR) is 94.8 cm³/mol. The van der Waals surface area contributed by atoms with Crippen molar-refractivity contribution < 1.29 is 17.9 Å². The number of hydrogen-bond acceptors (Lipinski definition) is 4. The largest absolute Gasteiger partial charge is 0.439 e. The number of carbonyl (C=O) groups is 1. The van der Waals surface area contributed by atoms with Gasteiger partial charge in [0.05, 0.1) is 16.2 Å². The van der Waals surface area contributed by atoms with E-state index < -0.39 is 19.9 Å². The zero-order chi connectivity index (χ0) is 16.9. The van der Waals surface area contributed by atoms with Gasteiger partial charge in [0.2, 0.25) is 13.9 Å². The highest BCUT2D eigenvalue weighted by Gasteiger charge is 2.17. The molecular formula is C17H13IO4S. The maximum absolute atomic E-state index is 12.4. The average Bonchev–Trinajstić information content (AvgIpc) is 2.56. The van der Waals surface area contributed by atoms with Crippen LogP contribution in [0.5, 0.6) is 0 Å². The third-order valence-electron chi connectivity index (χ3n) is 3.00. The van der Waals surface area contributed by atoms with Crippen LogP contribution in [0.1, 0.15) is 5.56 Å². The first-order valence-electron chi connectivity index (χ1n) is 6.62. The highest BCUT2D eigenvalue weighted by Crippen LogP contribution is 2.21. The van der Waals surface area contributed by atoms with Crippen molar-refractivity contribution in [2.24, 2.45) is 0 Å². The number of terminal acetylenes is 1. The number of sulfone groups is 1. The summed E-state index contributed by atoms with van der Waals surface area (Å²) < 4.78 is 29.2. The highest BCUT2D eigenvalue weighted by atomic mass is 127. The van der Waals surface area contributed by atoms with E-state index in [1.54, 1.807) is 42.5 Å². The molecule has 0 N–H and O–H groups in total. The molecule has 4 nitrogen and oxygen atoms in total. The zero-order valence-electron chi connectivity index (χ0n) is 12.0. The molecule has 0 saturated carbocycles. The minimum atomic E-state index is -3.55. The lowest BCUT2D eigenvalue weighted by atomic mass is 10.1. The number of alkyl halides is 1. The highest BCUT2D eigenvalue weighted by molar-refractivity contribution is 14.1. The fraction of sp³-hybridized carbons (Fsp3) is 0.118. The fourth-order valence-electron chi connectivity index (χ4n) is 1.88. The van der Waals surface area contributed by atoms with Crippen molar-refractivity contribution >= 4 is 38.4 Å². The van der Waals surface area contributed by atoms with Crippen molar-refractivity contribution in [2.75, 3.05) is 0 Å². The van der Waals surface area contributed by atoms with E-state index in [9.17, 15) is 13.2 Å². The molecule has 0 heterocycles. The summed E-state index contributed by atoms with van der Waals surface area (Å²) in [4.78, 5) is 12.1. The normalized spacial score (nSPS) is 12.2. The van der Waals surface area contributed by atoms with Gasteiger partial charge in [-0.25, -0.2) is 8.42 Å². The average molecular weight is 440 g/mol. The van der Waals surface area contributed by atoms with E-state index in [1.165, 1.54) is 12.1 Å². The van der Waals surface area contributed by atoms with Gasteiger partial charge in [0, 0.05) is 0 Å². The predicted octanol–water partition coefficient (Wildman–Crippen LogP) is 3.00. The smallest absolute Gasteiger partial charge is 0.312 e. The molecule has 0 saturated heterocycles. The lowest BCUT2D eigenvalue weighted by molar-refractivity contribution is -0.142. The van der Waals surface area contributed by atoms with Crippen molar-refractivity contribution in [3.8, 4) is 12.3 Å². The van der Waals surface area contributed by atoms with E-state index in [2.05, 4.69) is 5.92 Å². The number of halogens is 1. The fourth-order valence-corrected chi connectivity index (χ4v) is 3.45. The summed E-state index contributed by atoms with van der Waals surface area (Å²) >= 11 is 1.83. The topological polar surface area (TPSA) is 60.4 Å². The zero-order valence-corrected chi connectivity index (χ0v) is 15.0. The molecule has 0 aromatic heterocycles. The van der Waals surface area contributed by atoms with Gasteiger partial charge in [-0.2, -0.15) is 0 Å². The summed E-state index contributed by atoms with van der Waals surface area (Å²) in [5, 5.41) is 0. The molecule has 0 aliphatic carbocycles. The number of carbonyl (C=O) groups excluding carboxylic acids is 1.